The maximum absolute atomic E-state index is 6.60. The average molecular weight is 373 g/mol. The summed E-state index contributed by atoms with van der Waals surface area (Å²) >= 11 is 6.60. The zero-order chi connectivity index (χ0) is 17.7. The highest BCUT2D eigenvalue weighted by Gasteiger charge is 2.40. The molecule has 2 fully saturated rings. The molecule has 0 bridgehead atoms. The van der Waals surface area contributed by atoms with Gasteiger partial charge in [0.25, 0.3) is 0 Å². The number of rotatable bonds is 3. The van der Waals surface area contributed by atoms with Gasteiger partial charge in [-0.25, -0.2) is 4.68 Å². The van der Waals surface area contributed by atoms with Crippen LogP contribution in [0, 0.1) is 0 Å². The monoisotopic (exact) mass is 372 g/mol. The number of hydrogen-bond acceptors (Lipinski definition) is 5. The number of ether oxygens (including phenoxy) is 1. The fraction of sp³-hybridized carbons (Fsp3) is 0.444. The van der Waals surface area contributed by atoms with Gasteiger partial charge >= 0.3 is 0 Å². The number of H-pyrrole nitrogens is 1. The highest BCUT2D eigenvalue weighted by molar-refractivity contribution is 6.34. The average Bonchev–Trinajstić information content (AvgIpc) is 3.28. The first kappa shape index (κ1) is 16.1. The molecular weight excluding hydrogens is 352 g/mol. The second-order valence-corrected chi connectivity index (χ2v) is 7.75. The van der Waals surface area contributed by atoms with Gasteiger partial charge in [0.2, 0.25) is 0 Å². The number of hydrogen-bond donors (Lipinski definition) is 1. The molecule has 2 aliphatic heterocycles. The Labute approximate surface area is 156 Å². The highest BCUT2D eigenvalue weighted by Crippen LogP contribution is 2.34. The standard InChI is InChI=1S/C18H21ClN6O/c1-18(11-26-12-18)24-4-2-23(3-5-24)17-7-16-13(6-15(17)19)8-22-25(16)14-9-20-21-10-14/h6-10H,2-5,11-12H2,1H3,(H,20,21). The van der Waals surface area contributed by atoms with Crippen molar-refractivity contribution in [3.8, 4) is 5.69 Å². The lowest BCUT2D eigenvalue weighted by Crippen LogP contribution is -2.64. The Morgan fingerprint density at radius 3 is 2.62 bits per heavy atom. The SMILES string of the molecule is CC1(N2CCN(c3cc4c(cnn4-c4cn[nH]c4)cc3Cl)CC2)COC1. The Bertz CT molecular complexity index is 925. The first-order valence-electron chi connectivity index (χ1n) is 8.88. The Morgan fingerprint density at radius 2 is 1.96 bits per heavy atom. The molecule has 0 spiro atoms. The van der Waals surface area contributed by atoms with Gasteiger partial charge in [-0.05, 0) is 19.1 Å². The maximum atomic E-state index is 6.60. The zero-order valence-corrected chi connectivity index (χ0v) is 15.4. The van der Waals surface area contributed by atoms with E-state index in [9.17, 15) is 0 Å². The van der Waals surface area contributed by atoms with Gasteiger partial charge in [0.15, 0.2) is 0 Å². The number of aromatic nitrogens is 4. The normalized spacial score (nSPS) is 20.5. The summed E-state index contributed by atoms with van der Waals surface area (Å²) in [7, 11) is 0. The van der Waals surface area contributed by atoms with Crippen molar-refractivity contribution in [3.05, 3.63) is 35.7 Å². The molecule has 26 heavy (non-hydrogen) atoms. The first-order valence-corrected chi connectivity index (χ1v) is 9.26. The van der Waals surface area contributed by atoms with E-state index < -0.39 is 0 Å². The van der Waals surface area contributed by atoms with Crippen LogP contribution in [-0.4, -0.2) is 69.8 Å². The van der Waals surface area contributed by atoms with Gasteiger partial charge in [0, 0.05) is 37.8 Å². The molecule has 0 radical (unpaired) electrons. The molecule has 3 aromatic rings. The summed E-state index contributed by atoms with van der Waals surface area (Å²) in [5, 5.41) is 13.1. The van der Waals surface area contributed by atoms with Gasteiger partial charge in [0.05, 0.1) is 47.4 Å². The van der Waals surface area contributed by atoms with E-state index in [1.165, 1.54) is 0 Å². The van der Waals surface area contributed by atoms with Crippen LogP contribution in [0.5, 0.6) is 0 Å². The van der Waals surface area contributed by atoms with E-state index in [1.807, 2.05) is 23.1 Å². The predicted octanol–water partition coefficient (Wildman–Crippen LogP) is 2.31. The van der Waals surface area contributed by atoms with Crippen LogP contribution in [0.15, 0.2) is 30.7 Å². The van der Waals surface area contributed by atoms with Crippen molar-refractivity contribution in [3.63, 3.8) is 0 Å². The molecule has 0 atom stereocenters. The van der Waals surface area contributed by atoms with Gasteiger partial charge in [-0.15, -0.1) is 0 Å². The Kier molecular flexibility index (Phi) is 3.70. The second kappa shape index (κ2) is 5.97. The fourth-order valence-corrected chi connectivity index (χ4v) is 4.20. The Hall–Kier alpha value is -2.09. The van der Waals surface area contributed by atoms with Gasteiger partial charge in [-0.1, -0.05) is 11.6 Å². The van der Waals surface area contributed by atoms with Gasteiger partial charge in [0.1, 0.15) is 5.69 Å². The molecule has 2 aliphatic rings. The Morgan fingerprint density at radius 1 is 1.15 bits per heavy atom. The number of fused-ring (bicyclic) bond motifs is 1. The molecule has 2 saturated heterocycles. The zero-order valence-electron chi connectivity index (χ0n) is 14.7. The Balaban J connectivity index is 1.44. The van der Waals surface area contributed by atoms with Gasteiger partial charge in [-0.2, -0.15) is 10.2 Å². The maximum Gasteiger partial charge on any atom is 0.103 e. The minimum absolute atomic E-state index is 0.208. The van der Waals surface area contributed by atoms with E-state index >= 15 is 0 Å². The van der Waals surface area contributed by atoms with Crippen LogP contribution in [0.2, 0.25) is 5.02 Å². The summed E-state index contributed by atoms with van der Waals surface area (Å²) < 4.78 is 7.31. The second-order valence-electron chi connectivity index (χ2n) is 7.34. The third kappa shape index (κ3) is 2.50. The minimum atomic E-state index is 0.208. The van der Waals surface area contributed by atoms with Crippen molar-refractivity contribution < 1.29 is 4.74 Å². The van der Waals surface area contributed by atoms with Crippen molar-refractivity contribution in [2.75, 3.05) is 44.3 Å². The van der Waals surface area contributed by atoms with Crippen LogP contribution in [0.1, 0.15) is 6.92 Å². The molecule has 7 nitrogen and oxygen atoms in total. The summed E-state index contributed by atoms with van der Waals surface area (Å²) in [4.78, 5) is 4.91. The molecule has 0 unspecified atom stereocenters. The van der Waals surface area contributed by atoms with Crippen LogP contribution in [0.3, 0.4) is 0 Å². The number of aromatic amines is 1. The minimum Gasteiger partial charge on any atom is -0.377 e. The highest BCUT2D eigenvalue weighted by atomic mass is 35.5. The molecule has 8 heteroatoms. The number of benzene rings is 1. The lowest BCUT2D eigenvalue weighted by molar-refractivity contribution is -0.131. The molecular formula is C18H21ClN6O. The molecule has 4 heterocycles. The number of nitrogens with one attached hydrogen (secondary N) is 1. The number of piperazine rings is 1. The number of halogens is 1. The predicted molar refractivity (Wildman–Crippen MR) is 101 cm³/mol. The molecule has 1 aromatic carbocycles. The van der Waals surface area contributed by atoms with E-state index in [0.29, 0.717) is 0 Å². The van der Waals surface area contributed by atoms with E-state index in [0.717, 1.165) is 66.7 Å². The van der Waals surface area contributed by atoms with E-state index in [1.54, 1.807) is 6.20 Å². The third-order valence-electron chi connectivity index (χ3n) is 5.57. The number of nitrogens with zero attached hydrogens (tertiary/aromatic N) is 5. The molecule has 0 amide bonds. The lowest BCUT2D eigenvalue weighted by Gasteiger charge is -2.50. The molecule has 136 valence electrons. The van der Waals surface area contributed by atoms with Gasteiger partial charge in [-0.3, -0.25) is 10.00 Å². The quantitative estimate of drug-likeness (QED) is 0.764. The van der Waals surface area contributed by atoms with Crippen molar-refractivity contribution in [2.45, 2.75) is 12.5 Å². The van der Waals surface area contributed by atoms with E-state index in [-0.39, 0.29) is 5.54 Å². The first-order chi connectivity index (χ1) is 12.6. The van der Waals surface area contributed by atoms with Crippen molar-refractivity contribution in [1.29, 1.82) is 0 Å². The summed E-state index contributed by atoms with van der Waals surface area (Å²) in [5.74, 6) is 0. The van der Waals surface area contributed by atoms with Crippen molar-refractivity contribution >= 4 is 28.2 Å². The third-order valence-corrected chi connectivity index (χ3v) is 5.88. The van der Waals surface area contributed by atoms with Crippen LogP contribution >= 0.6 is 11.6 Å². The summed E-state index contributed by atoms with van der Waals surface area (Å²) in [6.45, 7) is 7.92. The van der Waals surface area contributed by atoms with E-state index in [2.05, 4.69) is 38.1 Å². The largest absolute Gasteiger partial charge is 0.377 e. The van der Waals surface area contributed by atoms with Crippen LogP contribution < -0.4 is 4.90 Å². The lowest BCUT2D eigenvalue weighted by atomic mass is 9.97. The van der Waals surface area contributed by atoms with Crippen LogP contribution in [-0.2, 0) is 4.74 Å². The van der Waals surface area contributed by atoms with Gasteiger partial charge < -0.3 is 9.64 Å². The molecule has 5 rings (SSSR count). The van der Waals surface area contributed by atoms with Crippen LogP contribution in [0.4, 0.5) is 5.69 Å². The van der Waals surface area contributed by atoms with Crippen molar-refractivity contribution in [2.24, 2.45) is 0 Å². The van der Waals surface area contributed by atoms with E-state index in [4.69, 9.17) is 16.3 Å². The van der Waals surface area contributed by atoms with Crippen LogP contribution in [0.25, 0.3) is 16.6 Å². The summed E-state index contributed by atoms with van der Waals surface area (Å²) in [5.41, 5.74) is 3.22. The van der Waals surface area contributed by atoms with Crippen molar-refractivity contribution in [1.82, 2.24) is 24.9 Å². The molecule has 2 aromatic heterocycles. The molecule has 0 saturated carbocycles. The summed E-state index contributed by atoms with van der Waals surface area (Å²) in [6, 6.07) is 4.14. The fourth-order valence-electron chi connectivity index (χ4n) is 3.91. The molecule has 1 N–H and O–H groups in total. The topological polar surface area (TPSA) is 62.2 Å². The number of anilines is 1. The molecule has 0 aliphatic carbocycles. The summed E-state index contributed by atoms with van der Waals surface area (Å²) in [6.07, 6.45) is 5.44. The smallest absolute Gasteiger partial charge is 0.103 e.